The Bertz CT molecular complexity index is 1440. The number of fused-ring (bicyclic) bond motifs is 1. The molecule has 0 saturated carbocycles. The van der Waals surface area contributed by atoms with Crippen molar-refractivity contribution in [3.8, 4) is 17.2 Å². The van der Waals surface area contributed by atoms with Crippen LogP contribution in [0.4, 0.5) is 5.69 Å². The number of nitrogens with zero attached hydrogens (tertiary/aromatic N) is 2. The first-order chi connectivity index (χ1) is 15.8. The molecule has 0 spiro atoms. The maximum Gasteiger partial charge on any atom is 0.316 e. The van der Waals surface area contributed by atoms with Crippen LogP contribution < -0.4 is 25.9 Å². The smallest absolute Gasteiger partial charge is 0.316 e. The molecule has 3 aromatic carbocycles. The molecule has 0 saturated heterocycles. The first-order valence-corrected chi connectivity index (χ1v) is 10.3. The summed E-state index contributed by atoms with van der Waals surface area (Å²) in [5.74, 6) is 1.05. The normalized spacial score (nSPS) is 10.8. The highest BCUT2D eigenvalue weighted by atomic mass is 16.5. The van der Waals surface area contributed by atoms with Crippen LogP contribution in [0.15, 0.2) is 76.3 Å². The molecule has 0 atom stereocenters. The molecule has 1 heterocycles. The largest absolute Gasteiger partial charge is 0.484 e. The van der Waals surface area contributed by atoms with E-state index in [1.165, 1.54) is 23.2 Å². The maximum absolute atomic E-state index is 12.7. The van der Waals surface area contributed by atoms with E-state index in [4.69, 9.17) is 9.47 Å². The standard InChI is InChI=1S/C25H23N3O5/c1-16-9-11-17(12-10-16)32-15-23(29)26-19-13-20-21(28(3)25(31)24(30)27(20)2)14-22(19)33-18-7-5-4-6-8-18/h4-14H,15H2,1-3H3,(H,26,29). The number of ether oxygens (including phenoxy) is 2. The first kappa shape index (κ1) is 21.9. The van der Waals surface area contributed by atoms with Gasteiger partial charge in [0.1, 0.15) is 11.5 Å². The van der Waals surface area contributed by atoms with E-state index >= 15 is 0 Å². The number of nitrogens with one attached hydrogen (secondary N) is 1. The average Bonchev–Trinajstić information content (AvgIpc) is 2.82. The number of benzene rings is 3. The molecular formula is C25H23N3O5. The fourth-order valence-corrected chi connectivity index (χ4v) is 3.37. The van der Waals surface area contributed by atoms with Crippen molar-refractivity contribution in [2.75, 3.05) is 11.9 Å². The van der Waals surface area contributed by atoms with E-state index in [-0.39, 0.29) is 6.61 Å². The van der Waals surface area contributed by atoms with Gasteiger partial charge in [-0.05, 0) is 37.3 Å². The van der Waals surface area contributed by atoms with E-state index in [2.05, 4.69) is 5.32 Å². The van der Waals surface area contributed by atoms with E-state index in [0.717, 1.165) is 5.56 Å². The van der Waals surface area contributed by atoms with Crippen LogP contribution in [-0.2, 0) is 18.9 Å². The lowest BCUT2D eigenvalue weighted by Gasteiger charge is -2.16. The van der Waals surface area contributed by atoms with Crippen LogP contribution in [0.3, 0.4) is 0 Å². The Labute approximate surface area is 189 Å². The summed E-state index contributed by atoms with van der Waals surface area (Å²) in [6.07, 6.45) is 0. The highest BCUT2D eigenvalue weighted by molar-refractivity contribution is 5.96. The van der Waals surface area contributed by atoms with Gasteiger partial charge in [0, 0.05) is 20.2 Å². The summed E-state index contributed by atoms with van der Waals surface area (Å²) in [4.78, 5) is 37.2. The lowest BCUT2D eigenvalue weighted by atomic mass is 10.2. The molecule has 0 aliphatic carbocycles. The quantitative estimate of drug-likeness (QED) is 0.460. The molecule has 33 heavy (non-hydrogen) atoms. The summed E-state index contributed by atoms with van der Waals surface area (Å²) < 4.78 is 14.1. The zero-order chi connectivity index (χ0) is 23.5. The van der Waals surface area contributed by atoms with Crippen LogP contribution in [0.2, 0.25) is 0 Å². The SMILES string of the molecule is Cc1ccc(OCC(=O)Nc2cc3c(cc2Oc2ccccc2)n(C)c(=O)c(=O)n3C)cc1. The number of carbonyl (C=O) groups is 1. The number of hydrogen-bond donors (Lipinski definition) is 1. The molecule has 0 radical (unpaired) electrons. The van der Waals surface area contributed by atoms with Crippen molar-refractivity contribution in [1.29, 1.82) is 0 Å². The van der Waals surface area contributed by atoms with Gasteiger partial charge in [0.05, 0.1) is 16.7 Å². The average molecular weight is 445 g/mol. The third-order valence-corrected chi connectivity index (χ3v) is 5.23. The van der Waals surface area contributed by atoms with Gasteiger partial charge in [-0.15, -0.1) is 0 Å². The summed E-state index contributed by atoms with van der Waals surface area (Å²) in [6, 6.07) is 19.7. The van der Waals surface area contributed by atoms with E-state index in [1.807, 2.05) is 37.3 Å². The van der Waals surface area contributed by atoms with Gasteiger partial charge in [0.15, 0.2) is 12.4 Å². The Morgan fingerprint density at radius 1 is 0.848 bits per heavy atom. The number of anilines is 1. The summed E-state index contributed by atoms with van der Waals surface area (Å²) in [5.41, 5.74) is 1.07. The van der Waals surface area contributed by atoms with Crippen LogP contribution in [0.1, 0.15) is 5.56 Å². The number of carbonyl (C=O) groups excluding carboxylic acids is 1. The molecule has 0 bridgehead atoms. The van der Waals surface area contributed by atoms with Gasteiger partial charge in [0.25, 0.3) is 5.91 Å². The van der Waals surface area contributed by atoms with E-state index < -0.39 is 17.0 Å². The van der Waals surface area contributed by atoms with Gasteiger partial charge in [-0.25, -0.2) is 0 Å². The number of amides is 1. The minimum Gasteiger partial charge on any atom is -0.484 e. The minimum absolute atomic E-state index is 0.210. The third-order valence-electron chi connectivity index (χ3n) is 5.23. The molecule has 0 aliphatic heterocycles. The first-order valence-electron chi connectivity index (χ1n) is 10.3. The Morgan fingerprint density at radius 3 is 2.09 bits per heavy atom. The number of para-hydroxylation sites is 1. The summed E-state index contributed by atoms with van der Waals surface area (Å²) in [6.45, 7) is 1.76. The van der Waals surface area contributed by atoms with Crippen LogP contribution >= 0.6 is 0 Å². The second kappa shape index (κ2) is 9.04. The minimum atomic E-state index is -0.665. The van der Waals surface area contributed by atoms with Gasteiger partial charge in [-0.2, -0.15) is 0 Å². The van der Waals surface area contributed by atoms with E-state index in [0.29, 0.717) is 34.0 Å². The second-order valence-electron chi connectivity index (χ2n) is 7.63. The molecule has 1 N–H and O–H groups in total. The number of aryl methyl sites for hydroxylation is 3. The van der Waals surface area contributed by atoms with Gasteiger partial charge in [-0.1, -0.05) is 35.9 Å². The Balaban J connectivity index is 1.70. The Morgan fingerprint density at radius 2 is 1.45 bits per heavy atom. The van der Waals surface area contributed by atoms with Crippen LogP contribution in [0.25, 0.3) is 11.0 Å². The molecular weight excluding hydrogens is 422 g/mol. The fraction of sp³-hybridized carbons (Fsp3) is 0.160. The zero-order valence-electron chi connectivity index (χ0n) is 18.5. The van der Waals surface area contributed by atoms with Crippen LogP contribution in [-0.4, -0.2) is 21.6 Å². The molecule has 1 aromatic heterocycles. The fourth-order valence-electron chi connectivity index (χ4n) is 3.37. The predicted octanol–water partition coefficient (Wildman–Crippen LogP) is 3.36. The number of rotatable bonds is 6. The summed E-state index contributed by atoms with van der Waals surface area (Å²) in [5, 5.41) is 2.79. The van der Waals surface area contributed by atoms with Crippen LogP contribution in [0, 0.1) is 6.92 Å². The van der Waals surface area contributed by atoms with Gasteiger partial charge >= 0.3 is 11.1 Å². The zero-order valence-corrected chi connectivity index (χ0v) is 18.5. The van der Waals surface area contributed by atoms with Crippen molar-refractivity contribution >= 4 is 22.6 Å². The third kappa shape index (κ3) is 4.64. The highest BCUT2D eigenvalue weighted by Gasteiger charge is 2.16. The van der Waals surface area contributed by atoms with Crippen molar-refractivity contribution in [2.45, 2.75) is 6.92 Å². The Hall–Kier alpha value is -4.33. The molecule has 4 aromatic rings. The molecule has 8 nitrogen and oxygen atoms in total. The second-order valence-corrected chi connectivity index (χ2v) is 7.63. The Kier molecular flexibility index (Phi) is 5.99. The lowest BCUT2D eigenvalue weighted by Crippen LogP contribution is -2.39. The van der Waals surface area contributed by atoms with Gasteiger partial charge < -0.3 is 23.9 Å². The van der Waals surface area contributed by atoms with Crippen molar-refractivity contribution in [3.05, 3.63) is 93.0 Å². The molecule has 1 amide bonds. The predicted molar refractivity (Wildman–Crippen MR) is 126 cm³/mol. The molecule has 0 fully saturated rings. The number of hydrogen-bond acceptors (Lipinski definition) is 5. The summed E-state index contributed by atoms with van der Waals surface area (Å²) >= 11 is 0. The molecule has 0 aliphatic rings. The van der Waals surface area contributed by atoms with E-state index in [1.54, 1.807) is 36.4 Å². The molecule has 168 valence electrons. The molecule has 0 unspecified atom stereocenters. The van der Waals surface area contributed by atoms with Crippen molar-refractivity contribution < 1.29 is 14.3 Å². The van der Waals surface area contributed by atoms with Gasteiger partial charge in [0.2, 0.25) is 0 Å². The van der Waals surface area contributed by atoms with Crippen molar-refractivity contribution in [3.63, 3.8) is 0 Å². The van der Waals surface area contributed by atoms with E-state index in [9.17, 15) is 14.4 Å². The summed E-state index contributed by atoms with van der Waals surface area (Å²) in [7, 11) is 3.03. The maximum atomic E-state index is 12.7. The van der Waals surface area contributed by atoms with Crippen LogP contribution in [0.5, 0.6) is 17.2 Å². The topological polar surface area (TPSA) is 91.6 Å². The van der Waals surface area contributed by atoms with Crippen molar-refractivity contribution in [1.82, 2.24) is 9.13 Å². The monoisotopic (exact) mass is 445 g/mol. The number of aromatic nitrogens is 2. The van der Waals surface area contributed by atoms with Gasteiger partial charge in [-0.3, -0.25) is 14.4 Å². The molecule has 4 rings (SSSR count). The molecule has 8 heteroatoms. The highest BCUT2D eigenvalue weighted by Crippen LogP contribution is 2.33. The lowest BCUT2D eigenvalue weighted by molar-refractivity contribution is -0.118. The van der Waals surface area contributed by atoms with Crippen molar-refractivity contribution in [2.24, 2.45) is 14.1 Å².